The lowest BCUT2D eigenvalue weighted by molar-refractivity contribution is -0.143. The van der Waals surface area contributed by atoms with E-state index in [0.29, 0.717) is 19.4 Å². The van der Waals surface area contributed by atoms with Crippen molar-refractivity contribution in [2.75, 3.05) is 13.2 Å². The molecule has 0 heterocycles. The third-order valence-electron chi connectivity index (χ3n) is 19.2. The van der Waals surface area contributed by atoms with Gasteiger partial charge in [-0.15, -0.1) is 0 Å². The fourth-order valence-electron chi connectivity index (χ4n) is 13.0. The van der Waals surface area contributed by atoms with Crippen molar-refractivity contribution >= 4 is 11.9 Å². The summed E-state index contributed by atoms with van der Waals surface area (Å²) in [6.07, 6.45) is 100. The summed E-state index contributed by atoms with van der Waals surface area (Å²) in [7, 11) is 0. The summed E-state index contributed by atoms with van der Waals surface area (Å²) in [5.74, 6) is -0.0410. The van der Waals surface area contributed by atoms with Gasteiger partial charge in [0.1, 0.15) is 0 Å². The average Bonchev–Trinajstić information content (AvgIpc) is 3.56. The number of allylic oxidation sites excluding steroid dienone is 3. The Morgan fingerprint density at radius 1 is 0.307 bits per heavy atom. The molecule has 0 saturated carbocycles. The Morgan fingerprint density at radius 2 is 0.534 bits per heavy atom. The summed E-state index contributed by atoms with van der Waals surface area (Å²) in [6.45, 7) is 4.97. The number of amides is 1. The zero-order chi connectivity index (χ0) is 63.5. The van der Waals surface area contributed by atoms with Gasteiger partial charge in [-0.3, -0.25) is 9.59 Å². The molecule has 0 aromatic heterocycles. The van der Waals surface area contributed by atoms with Crippen molar-refractivity contribution in [3.05, 3.63) is 24.3 Å². The number of unbranched alkanes of at least 4 members (excludes halogenated alkanes) is 64. The van der Waals surface area contributed by atoms with Gasteiger partial charge in [0.2, 0.25) is 5.91 Å². The SMILES string of the molecule is CCCCCCCCCCCCCCCCCCCCCCCC/C=C/C(O)C(CO)NC(=O)CCCCCCCCCCCCCC/C=C\CCCCCCCCCCCCCCOC(=O)CCCCCCCCCCCCCCCCCCCCC. The molecular weight excluding hydrogens is 1080 g/mol. The van der Waals surface area contributed by atoms with E-state index >= 15 is 0 Å². The molecule has 0 bridgehead atoms. The van der Waals surface area contributed by atoms with E-state index in [1.165, 1.54) is 398 Å². The standard InChI is InChI=1S/C82H159NO5/c1-3-5-7-9-11-13-15-17-19-21-23-24-25-32-35-39-42-46-50-54-58-62-66-70-74-80(85)79(78-84)83-81(86)75-71-67-63-59-55-51-47-43-40-36-33-30-28-26-27-29-31-34-37-41-45-49-53-57-61-65-69-73-77-88-82(87)76-72-68-64-60-56-52-48-44-38-22-20-18-16-14-12-10-8-6-4-2/h26-27,70,74,79-80,84-85H,3-25,28-69,71-73,75-78H2,1-2H3,(H,83,86)/b27-26-,74-70+. The van der Waals surface area contributed by atoms with Crippen LogP contribution in [0.15, 0.2) is 24.3 Å². The number of aliphatic hydroxyl groups excluding tert-OH is 2. The highest BCUT2D eigenvalue weighted by molar-refractivity contribution is 5.76. The van der Waals surface area contributed by atoms with Crippen LogP contribution in [-0.4, -0.2) is 47.4 Å². The van der Waals surface area contributed by atoms with Crippen molar-refractivity contribution < 1.29 is 24.5 Å². The summed E-state index contributed by atoms with van der Waals surface area (Å²) in [5.41, 5.74) is 0. The Kier molecular flexibility index (Phi) is 76.3. The lowest BCUT2D eigenvalue weighted by atomic mass is 10.0. The molecule has 0 rings (SSSR count). The van der Waals surface area contributed by atoms with Crippen molar-refractivity contribution in [1.82, 2.24) is 5.32 Å². The fourth-order valence-corrected chi connectivity index (χ4v) is 13.0. The summed E-state index contributed by atoms with van der Waals surface area (Å²) in [6, 6.07) is -0.629. The van der Waals surface area contributed by atoms with Crippen molar-refractivity contribution in [1.29, 1.82) is 0 Å². The molecule has 6 heteroatoms. The van der Waals surface area contributed by atoms with E-state index in [0.717, 1.165) is 38.5 Å². The van der Waals surface area contributed by atoms with Gasteiger partial charge in [-0.25, -0.2) is 0 Å². The molecule has 1 amide bonds. The second kappa shape index (κ2) is 77.8. The summed E-state index contributed by atoms with van der Waals surface area (Å²) in [5, 5.41) is 23.3. The van der Waals surface area contributed by atoms with Crippen LogP contribution in [0.1, 0.15) is 463 Å². The molecule has 0 aliphatic rings. The number of carbonyl (C=O) groups is 2. The minimum Gasteiger partial charge on any atom is -0.466 e. The Labute approximate surface area is 551 Å². The van der Waals surface area contributed by atoms with Crippen LogP contribution in [0.5, 0.6) is 0 Å². The zero-order valence-electron chi connectivity index (χ0n) is 60.0. The first-order valence-corrected chi connectivity index (χ1v) is 40.6. The predicted molar refractivity (Wildman–Crippen MR) is 389 cm³/mol. The lowest BCUT2D eigenvalue weighted by Crippen LogP contribution is -2.45. The molecule has 0 aromatic carbocycles. The van der Waals surface area contributed by atoms with Gasteiger partial charge in [0, 0.05) is 12.8 Å². The van der Waals surface area contributed by atoms with E-state index in [-0.39, 0.29) is 18.5 Å². The molecule has 0 saturated heterocycles. The lowest BCUT2D eigenvalue weighted by Gasteiger charge is -2.20. The van der Waals surface area contributed by atoms with E-state index in [9.17, 15) is 19.8 Å². The first-order valence-electron chi connectivity index (χ1n) is 40.6. The maximum absolute atomic E-state index is 12.6. The second-order valence-electron chi connectivity index (χ2n) is 28.1. The monoisotopic (exact) mass is 1240 g/mol. The molecule has 0 aromatic rings. The van der Waals surface area contributed by atoms with Crippen molar-refractivity contribution in [3.8, 4) is 0 Å². The zero-order valence-corrected chi connectivity index (χ0v) is 60.0. The van der Waals surface area contributed by atoms with E-state index in [4.69, 9.17) is 4.74 Å². The van der Waals surface area contributed by atoms with Crippen LogP contribution < -0.4 is 5.32 Å². The van der Waals surface area contributed by atoms with Crippen molar-refractivity contribution in [2.45, 2.75) is 475 Å². The molecule has 3 N–H and O–H groups in total. The van der Waals surface area contributed by atoms with Crippen LogP contribution in [-0.2, 0) is 14.3 Å². The maximum atomic E-state index is 12.6. The van der Waals surface area contributed by atoms with Gasteiger partial charge < -0.3 is 20.3 Å². The van der Waals surface area contributed by atoms with Gasteiger partial charge in [0.05, 0.1) is 25.4 Å². The van der Waals surface area contributed by atoms with Crippen LogP contribution in [0, 0.1) is 0 Å². The number of rotatable bonds is 77. The third-order valence-corrected chi connectivity index (χ3v) is 19.2. The number of carbonyl (C=O) groups excluding carboxylic acids is 2. The molecule has 0 aliphatic heterocycles. The Hall–Kier alpha value is -1.66. The largest absolute Gasteiger partial charge is 0.466 e. The molecule has 2 unspecified atom stereocenters. The maximum Gasteiger partial charge on any atom is 0.305 e. The minimum atomic E-state index is -0.846. The van der Waals surface area contributed by atoms with Crippen LogP contribution >= 0.6 is 0 Å². The number of ether oxygens (including phenoxy) is 1. The van der Waals surface area contributed by atoms with Crippen molar-refractivity contribution in [3.63, 3.8) is 0 Å². The molecule has 0 radical (unpaired) electrons. The molecule has 522 valence electrons. The Bertz CT molecular complexity index is 1380. The first kappa shape index (κ1) is 86.3. The highest BCUT2D eigenvalue weighted by Crippen LogP contribution is 2.20. The van der Waals surface area contributed by atoms with E-state index in [2.05, 4.69) is 31.3 Å². The van der Waals surface area contributed by atoms with Crippen molar-refractivity contribution in [2.24, 2.45) is 0 Å². The van der Waals surface area contributed by atoms with Gasteiger partial charge in [-0.05, 0) is 57.8 Å². The predicted octanol–water partition coefficient (Wildman–Crippen LogP) is 26.8. The third kappa shape index (κ3) is 73.4. The topological polar surface area (TPSA) is 95.9 Å². The van der Waals surface area contributed by atoms with Gasteiger partial charge in [-0.1, -0.05) is 417 Å². The second-order valence-corrected chi connectivity index (χ2v) is 28.1. The average molecular weight is 1240 g/mol. The van der Waals surface area contributed by atoms with E-state index in [1.54, 1.807) is 6.08 Å². The van der Waals surface area contributed by atoms with Crippen LogP contribution in [0.3, 0.4) is 0 Å². The van der Waals surface area contributed by atoms with E-state index in [1.807, 2.05) is 6.08 Å². The highest BCUT2D eigenvalue weighted by Gasteiger charge is 2.18. The Balaban J connectivity index is 3.38. The molecule has 6 nitrogen and oxygen atoms in total. The van der Waals surface area contributed by atoms with Crippen LogP contribution in [0.2, 0.25) is 0 Å². The summed E-state index contributed by atoms with van der Waals surface area (Å²) < 4.78 is 5.52. The molecule has 88 heavy (non-hydrogen) atoms. The molecule has 2 atom stereocenters. The molecule has 0 spiro atoms. The van der Waals surface area contributed by atoms with E-state index < -0.39 is 12.1 Å². The number of aliphatic hydroxyl groups is 2. The smallest absolute Gasteiger partial charge is 0.305 e. The van der Waals surface area contributed by atoms with Gasteiger partial charge in [0.25, 0.3) is 0 Å². The van der Waals surface area contributed by atoms with Crippen LogP contribution in [0.25, 0.3) is 0 Å². The quantitative estimate of drug-likeness (QED) is 0.0320. The summed E-state index contributed by atoms with van der Waals surface area (Å²) in [4.78, 5) is 24.7. The number of hydrogen-bond acceptors (Lipinski definition) is 5. The molecule has 0 fully saturated rings. The normalized spacial score (nSPS) is 12.5. The van der Waals surface area contributed by atoms with Gasteiger partial charge >= 0.3 is 5.97 Å². The number of nitrogens with one attached hydrogen (secondary N) is 1. The highest BCUT2D eigenvalue weighted by atomic mass is 16.5. The molecular formula is C82H159NO5. The number of hydrogen-bond donors (Lipinski definition) is 3. The Morgan fingerprint density at radius 3 is 0.807 bits per heavy atom. The first-order chi connectivity index (χ1) is 43.5. The van der Waals surface area contributed by atoms with Gasteiger partial charge in [-0.2, -0.15) is 0 Å². The summed E-state index contributed by atoms with van der Waals surface area (Å²) >= 11 is 0. The van der Waals surface area contributed by atoms with Gasteiger partial charge in [0.15, 0.2) is 0 Å². The fraction of sp³-hybridized carbons (Fsp3) is 0.927. The minimum absolute atomic E-state index is 0.0215. The molecule has 0 aliphatic carbocycles. The number of esters is 1. The van der Waals surface area contributed by atoms with Crippen LogP contribution in [0.4, 0.5) is 0 Å².